The van der Waals surface area contributed by atoms with Gasteiger partial charge in [0.2, 0.25) is 0 Å². The predicted molar refractivity (Wildman–Crippen MR) is 266 cm³/mol. The summed E-state index contributed by atoms with van der Waals surface area (Å²) in [4.78, 5) is 9.70. The maximum absolute atomic E-state index is 6.93. The molecule has 0 amide bonds. The van der Waals surface area contributed by atoms with E-state index in [4.69, 9.17) is 9.72 Å². The Morgan fingerprint density at radius 2 is 1.09 bits per heavy atom. The van der Waals surface area contributed by atoms with Crippen molar-refractivity contribution in [3.63, 3.8) is 0 Å². The van der Waals surface area contributed by atoms with Crippen LogP contribution in [0.25, 0.3) is 38.8 Å². The zero-order valence-corrected chi connectivity index (χ0v) is 42.8. The molecule has 0 spiro atoms. The molecule has 0 bridgehead atoms. The van der Waals surface area contributed by atoms with Gasteiger partial charge in [0.1, 0.15) is 5.82 Å². The molecule has 1 aliphatic rings. The van der Waals surface area contributed by atoms with Crippen molar-refractivity contribution in [1.29, 1.82) is 0 Å². The van der Waals surface area contributed by atoms with E-state index in [0.717, 1.165) is 50.1 Å². The van der Waals surface area contributed by atoms with E-state index in [0.29, 0.717) is 11.5 Å². The van der Waals surface area contributed by atoms with E-state index in [-0.39, 0.29) is 48.1 Å². The van der Waals surface area contributed by atoms with Crippen molar-refractivity contribution in [3.8, 4) is 28.4 Å². The summed E-state index contributed by atoms with van der Waals surface area (Å²) < 4.78 is 9.14. The summed E-state index contributed by atoms with van der Waals surface area (Å²) in [6.45, 7) is 36.8. The average molecular weight is 1030 g/mol. The van der Waals surface area contributed by atoms with Crippen LogP contribution in [-0.2, 0) is 37.3 Å². The number of benzene rings is 5. The van der Waals surface area contributed by atoms with Gasteiger partial charge in [-0.3, -0.25) is 0 Å². The van der Waals surface area contributed by atoms with Gasteiger partial charge < -0.3 is 19.1 Å². The second kappa shape index (κ2) is 16.7. The average Bonchev–Trinajstić information content (AvgIpc) is 3.78. The Hall–Kier alpha value is -5.12. The number of nitrogens with zero attached hydrogens (tertiary/aromatic N) is 4. The number of rotatable bonds is 6. The minimum Gasteiger partial charge on any atom is -0.509 e. The van der Waals surface area contributed by atoms with Crippen molar-refractivity contribution < 1.29 is 25.8 Å². The van der Waals surface area contributed by atoms with Gasteiger partial charge >= 0.3 is 0 Å². The minimum atomic E-state index is -0.232. The fourth-order valence-corrected chi connectivity index (χ4v) is 8.69. The molecule has 0 saturated heterocycles. The number of aromatic nitrogens is 2. The van der Waals surface area contributed by atoms with E-state index in [1.54, 1.807) is 0 Å². The standard InChI is InChI=1S/C58H65N4O.Pt/c1-54(2,3)40-27-28-59-51(34-40)62-49-24-20-19-23-47(49)48-26-25-45(36-50(48)62)63-46-30-39(38-21-17-16-18-22-38)29-43(35-46)60-37-61(53(58(13,14)15)52(60)57(10,11)12)44-32-41(55(4,5)6)31-42(33-44)56(7,8)9;/h16-34,37H,1-15H3;/q-3;. The third-order valence-corrected chi connectivity index (χ3v) is 12.1. The van der Waals surface area contributed by atoms with Crippen LogP contribution in [0.1, 0.15) is 121 Å². The molecule has 1 aliphatic heterocycles. The maximum Gasteiger partial charge on any atom is 0.135 e. The summed E-state index contributed by atoms with van der Waals surface area (Å²) in [5.41, 5.74) is 12.0. The zero-order valence-electron chi connectivity index (χ0n) is 40.6. The van der Waals surface area contributed by atoms with Gasteiger partial charge in [0.25, 0.3) is 0 Å². The van der Waals surface area contributed by atoms with Crippen LogP contribution < -0.4 is 14.5 Å². The van der Waals surface area contributed by atoms with Gasteiger partial charge in [-0.15, -0.1) is 53.6 Å². The number of fused-ring (bicyclic) bond motifs is 3. The van der Waals surface area contributed by atoms with Crippen molar-refractivity contribution in [3.05, 3.63) is 162 Å². The fourth-order valence-electron chi connectivity index (χ4n) is 8.69. The predicted octanol–water partition coefficient (Wildman–Crippen LogP) is 15.9. The molecule has 0 unspecified atom stereocenters. The summed E-state index contributed by atoms with van der Waals surface area (Å²) >= 11 is 0. The van der Waals surface area contributed by atoms with Gasteiger partial charge in [-0.25, -0.2) is 4.98 Å². The first kappa shape index (κ1) is 46.9. The summed E-state index contributed by atoms with van der Waals surface area (Å²) in [7, 11) is 0. The van der Waals surface area contributed by atoms with E-state index in [9.17, 15) is 0 Å². The molecule has 0 fully saturated rings. The van der Waals surface area contributed by atoms with Crippen molar-refractivity contribution in [1.82, 2.24) is 9.55 Å². The summed E-state index contributed by atoms with van der Waals surface area (Å²) in [6, 6.07) is 46.5. The molecule has 7 aromatic rings. The van der Waals surface area contributed by atoms with Crippen LogP contribution >= 0.6 is 0 Å². The number of hydrogen-bond donors (Lipinski definition) is 0. The van der Waals surface area contributed by atoms with Gasteiger partial charge in [0.15, 0.2) is 0 Å². The molecule has 5 nitrogen and oxygen atoms in total. The molecule has 0 atom stereocenters. The number of allylic oxidation sites excluding steroid dienone is 2. The Bertz CT molecular complexity index is 2840. The molecule has 8 rings (SSSR count). The van der Waals surface area contributed by atoms with Gasteiger partial charge in [-0.05, 0) is 74.2 Å². The van der Waals surface area contributed by atoms with Crippen LogP contribution in [0.5, 0.6) is 11.5 Å². The van der Waals surface area contributed by atoms with Gasteiger partial charge in [-0.1, -0.05) is 164 Å². The molecular formula is C58H65N4OPt-3. The first-order valence-electron chi connectivity index (χ1n) is 22.5. The van der Waals surface area contributed by atoms with Crippen LogP contribution in [0.2, 0.25) is 0 Å². The molecule has 3 heterocycles. The SMILES string of the molecule is CC(C)(C)C1=C(C(C)(C)C)N(c2cc(C(C)(C)C)cc(C(C)(C)C)c2)[CH-]N1c1[c-]c(Oc2[c-]c3c(cc2)c2ccccc2n3-c2cc(C(C)(C)C)ccn2)cc(-c2ccccc2)c1.[Pt]. The van der Waals surface area contributed by atoms with Crippen molar-refractivity contribution in [2.24, 2.45) is 10.8 Å². The van der Waals surface area contributed by atoms with E-state index in [2.05, 4.69) is 240 Å². The van der Waals surface area contributed by atoms with Crippen molar-refractivity contribution in [2.75, 3.05) is 9.80 Å². The number of anilines is 2. The molecule has 6 heteroatoms. The molecule has 0 aliphatic carbocycles. The first-order chi connectivity index (χ1) is 29.4. The van der Waals surface area contributed by atoms with Crippen molar-refractivity contribution >= 4 is 33.2 Å². The Morgan fingerprint density at radius 3 is 1.70 bits per heavy atom. The Labute approximate surface area is 397 Å². The monoisotopic (exact) mass is 1030 g/mol. The summed E-state index contributed by atoms with van der Waals surface area (Å²) in [5, 5.41) is 2.24. The molecule has 0 N–H and O–H groups in total. The second-order valence-electron chi connectivity index (χ2n) is 22.5. The summed E-state index contributed by atoms with van der Waals surface area (Å²) in [6.07, 6.45) is 1.91. The topological polar surface area (TPSA) is 33.5 Å². The first-order valence-corrected chi connectivity index (χ1v) is 22.5. The molecule has 2 aromatic heterocycles. The fraction of sp³-hybridized carbons (Fsp3) is 0.345. The molecular weight excluding hydrogens is 964 g/mol. The van der Waals surface area contributed by atoms with Gasteiger partial charge in [0.05, 0.1) is 0 Å². The number of hydrogen-bond acceptors (Lipinski definition) is 4. The van der Waals surface area contributed by atoms with E-state index >= 15 is 0 Å². The molecule has 0 radical (unpaired) electrons. The van der Waals surface area contributed by atoms with Crippen LogP contribution in [0, 0.1) is 29.6 Å². The third-order valence-electron chi connectivity index (χ3n) is 12.1. The van der Waals surface area contributed by atoms with Gasteiger partial charge in [0, 0.05) is 72.2 Å². The van der Waals surface area contributed by atoms with Gasteiger partial charge in [-0.2, -0.15) is 6.07 Å². The maximum atomic E-state index is 6.93. The second-order valence-corrected chi connectivity index (χ2v) is 22.5. The Kier molecular flexibility index (Phi) is 12.2. The molecule has 0 saturated carbocycles. The zero-order chi connectivity index (χ0) is 45.4. The van der Waals surface area contributed by atoms with Crippen LogP contribution in [0.3, 0.4) is 0 Å². The van der Waals surface area contributed by atoms with Crippen molar-refractivity contribution in [2.45, 2.75) is 120 Å². The quantitative estimate of drug-likeness (QED) is 0.155. The summed E-state index contributed by atoms with van der Waals surface area (Å²) in [5.74, 6) is 2.07. The van der Waals surface area contributed by atoms with E-state index in [1.807, 2.05) is 12.3 Å². The molecule has 336 valence electrons. The third kappa shape index (κ3) is 9.21. The smallest absolute Gasteiger partial charge is 0.135 e. The number of ether oxygens (including phenoxy) is 1. The molecule has 5 aromatic carbocycles. The Balaban J connectivity index is 0.00000612. The minimum absolute atomic E-state index is 0. The van der Waals surface area contributed by atoms with E-state index < -0.39 is 0 Å². The molecule has 64 heavy (non-hydrogen) atoms. The Morgan fingerprint density at radius 1 is 0.500 bits per heavy atom. The van der Waals surface area contributed by atoms with Crippen LogP contribution in [0.15, 0.2) is 127 Å². The number of para-hydroxylation sites is 1. The normalized spacial score (nSPS) is 14.2. The van der Waals surface area contributed by atoms with Crippen LogP contribution in [0.4, 0.5) is 11.4 Å². The van der Waals surface area contributed by atoms with E-state index in [1.165, 1.54) is 28.1 Å². The number of pyridine rings is 1. The van der Waals surface area contributed by atoms with Crippen LogP contribution in [-0.4, -0.2) is 9.55 Å². The largest absolute Gasteiger partial charge is 0.509 e.